The summed E-state index contributed by atoms with van der Waals surface area (Å²) in [4.78, 5) is 11.9. The molecule has 160 valence electrons. The van der Waals surface area contributed by atoms with Gasteiger partial charge in [-0.05, 0) is 50.5 Å². The van der Waals surface area contributed by atoms with Crippen molar-refractivity contribution >= 4 is 17.0 Å². The number of β-amino-alcohol motifs (C(OH)–C–C–N with tert-alkyl or cyclic N) is 1. The van der Waals surface area contributed by atoms with Crippen molar-refractivity contribution in [3.63, 3.8) is 0 Å². The van der Waals surface area contributed by atoms with E-state index in [0.717, 1.165) is 54.3 Å². The van der Waals surface area contributed by atoms with Gasteiger partial charge in [-0.15, -0.1) is 0 Å². The van der Waals surface area contributed by atoms with Crippen molar-refractivity contribution in [1.29, 1.82) is 0 Å². The number of aromatic nitrogens is 3. The van der Waals surface area contributed by atoms with Crippen LogP contribution in [0.1, 0.15) is 29.8 Å². The van der Waals surface area contributed by atoms with Crippen molar-refractivity contribution in [1.82, 2.24) is 19.4 Å². The lowest BCUT2D eigenvalue weighted by atomic mass is 10.0. The molecule has 7 heteroatoms. The van der Waals surface area contributed by atoms with E-state index in [2.05, 4.69) is 52.0 Å². The smallest absolute Gasteiger partial charge is 0.204 e. The second-order valence-electron chi connectivity index (χ2n) is 8.34. The monoisotopic (exact) mass is 408 g/mol. The van der Waals surface area contributed by atoms with E-state index in [9.17, 15) is 5.11 Å². The van der Waals surface area contributed by atoms with E-state index < -0.39 is 6.10 Å². The molecule has 4 rings (SSSR count). The summed E-state index contributed by atoms with van der Waals surface area (Å²) in [6.07, 6.45) is 1.59. The molecule has 1 fully saturated rings. The molecule has 3 heterocycles. The van der Waals surface area contributed by atoms with Gasteiger partial charge in [0.15, 0.2) is 0 Å². The number of anilines is 1. The van der Waals surface area contributed by atoms with Gasteiger partial charge in [0.1, 0.15) is 0 Å². The third-order valence-electron chi connectivity index (χ3n) is 5.91. The number of likely N-dealkylation sites (tertiary alicyclic amines) is 1. The number of aryl methyl sites for hydroxylation is 2. The molecule has 1 aliphatic heterocycles. The van der Waals surface area contributed by atoms with E-state index in [1.165, 1.54) is 5.56 Å². The Hall–Kier alpha value is -2.48. The lowest BCUT2D eigenvalue weighted by Crippen LogP contribution is -2.44. The first-order chi connectivity index (χ1) is 14.5. The number of nitrogens with zero attached hydrogens (tertiary/aromatic N) is 4. The first kappa shape index (κ1) is 20.8. The molecule has 0 radical (unpaired) electrons. The topological polar surface area (TPSA) is 92.2 Å². The average Bonchev–Trinajstić information content (AvgIpc) is 3.08. The highest BCUT2D eigenvalue weighted by molar-refractivity contribution is 5.82. The lowest BCUT2D eigenvalue weighted by Gasteiger charge is -2.33. The Morgan fingerprint density at radius 1 is 1.13 bits per heavy atom. The Bertz CT molecular complexity index is 993. The molecule has 3 aromatic rings. The summed E-state index contributed by atoms with van der Waals surface area (Å²) in [5, 5.41) is 13.5. The quantitative estimate of drug-likeness (QED) is 0.556. The number of pyridine rings is 1. The van der Waals surface area contributed by atoms with Gasteiger partial charge in [-0.3, -0.25) is 4.98 Å². The normalized spacial score (nSPS) is 16.8. The van der Waals surface area contributed by atoms with Crippen molar-refractivity contribution in [3.8, 4) is 0 Å². The number of para-hydroxylation sites is 1. The van der Waals surface area contributed by atoms with Gasteiger partial charge in [-0.2, -0.15) is 0 Å². The van der Waals surface area contributed by atoms with Crippen LogP contribution in [0.3, 0.4) is 0 Å². The van der Waals surface area contributed by atoms with Crippen LogP contribution < -0.4 is 11.1 Å². The van der Waals surface area contributed by atoms with Crippen LogP contribution in [-0.4, -0.2) is 62.9 Å². The van der Waals surface area contributed by atoms with Crippen LogP contribution in [0, 0.1) is 13.8 Å². The maximum Gasteiger partial charge on any atom is 0.204 e. The molecular weight excluding hydrogens is 376 g/mol. The first-order valence-corrected chi connectivity index (χ1v) is 10.8. The highest BCUT2D eigenvalue weighted by Crippen LogP contribution is 2.25. The van der Waals surface area contributed by atoms with Crippen LogP contribution in [0.2, 0.25) is 0 Å². The molecule has 1 saturated heterocycles. The first-order valence-electron chi connectivity index (χ1n) is 10.8. The SMILES string of the molecule is Cc1cccc(Cn2c(NC3CCN(CC(O)CN)CC3)nc3c(C)cccc32)n1. The Balaban J connectivity index is 1.54. The number of rotatable bonds is 7. The van der Waals surface area contributed by atoms with Gasteiger partial charge in [0, 0.05) is 37.9 Å². The summed E-state index contributed by atoms with van der Waals surface area (Å²) >= 11 is 0. The van der Waals surface area contributed by atoms with Gasteiger partial charge in [0.05, 0.1) is 29.4 Å². The number of nitrogens with two attached hydrogens (primary N) is 1. The standard InChI is InChI=1S/C23H32N6O/c1-16-5-3-8-21-22(16)27-23(29(21)14-19-7-4-6-17(2)25-19)26-18-9-11-28(12-10-18)15-20(30)13-24/h3-8,18,20,30H,9-15,24H2,1-2H3,(H,26,27). The number of hydrogen-bond acceptors (Lipinski definition) is 6. The van der Waals surface area contributed by atoms with Gasteiger partial charge in [-0.25, -0.2) is 4.98 Å². The summed E-state index contributed by atoms with van der Waals surface area (Å²) < 4.78 is 2.24. The number of benzene rings is 1. The lowest BCUT2D eigenvalue weighted by molar-refractivity contribution is 0.104. The number of aliphatic hydroxyl groups is 1. The minimum atomic E-state index is -0.441. The van der Waals surface area contributed by atoms with Gasteiger partial charge in [0.25, 0.3) is 0 Å². The van der Waals surface area contributed by atoms with E-state index in [0.29, 0.717) is 25.7 Å². The zero-order valence-corrected chi connectivity index (χ0v) is 17.9. The summed E-state index contributed by atoms with van der Waals surface area (Å²) in [6.45, 7) is 7.69. The largest absolute Gasteiger partial charge is 0.390 e. The summed E-state index contributed by atoms with van der Waals surface area (Å²) in [5.74, 6) is 0.906. The van der Waals surface area contributed by atoms with Crippen molar-refractivity contribution in [2.45, 2.75) is 45.4 Å². The van der Waals surface area contributed by atoms with Crippen molar-refractivity contribution in [2.75, 3.05) is 31.5 Å². The molecule has 1 atom stereocenters. The molecule has 2 aromatic heterocycles. The van der Waals surface area contributed by atoms with Crippen LogP contribution in [0.25, 0.3) is 11.0 Å². The number of hydrogen-bond donors (Lipinski definition) is 3. The minimum absolute atomic E-state index is 0.314. The zero-order valence-electron chi connectivity index (χ0n) is 17.9. The van der Waals surface area contributed by atoms with Gasteiger partial charge < -0.3 is 25.6 Å². The number of piperidine rings is 1. The highest BCUT2D eigenvalue weighted by Gasteiger charge is 2.23. The summed E-state index contributed by atoms with van der Waals surface area (Å²) in [5.41, 5.74) is 11.0. The molecular formula is C23H32N6O. The Kier molecular flexibility index (Phi) is 6.32. The summed E-state index contributed by atoms with van der Waals surface area (Å²) in [6, 6.07) is 12.8. The van der Waals surface area contributed by atoms with E-state index in [-0.39, 0.29) is 0 Å². The summed E-state index contributed by atoms with van der Waals surface area (Å²) in [7, 11) is 0. The number of aliphatic hydroxyl groups excluding tert-OH is 1. The Morgan fingerprint density at radius 3 is 2.63 bits per heavy atom. The number of fused-ring (bicyclic) bond motifs is 1. The van der Waals surface area contributed by atoms with E-state index in [1.807, 2.05) is 13.0 Å². The van der Waals surface area contributed by atoms with Gasteiger partial charge in [0.2, 0.25) is 5.95 Å². The fourth-order valence-corrected chi connectivity index (χ4v) is 4.22. The highest BCUT2D eigenvalue weighted by atomic mass is 16.3. The van der Waals surface area contributed by atoms with E-state index in [1.54, 1.807) is 0 Å². The molecule has 1 aromatic carbocycles. The minimum Gasteiger partial charge on any atom is -0.390 e. The average molecular weight is 409 g/mol. The molecule has 0 aliphatic carbocycles. The second-order valence-corrected chi connectivity index (χ2v) is 8.34. The number of nitrogens with one attached hydrogen (secondary N) is 1. The maximum absolute atomic E-state index is 9.81. The van der Waals surface area contributed by atoms with Crippen molar-refractivity contribution in [3.05, 3.63) is 53.3 Å². The molecule has 1 unspecified atom stereocenters. The van der Waals surface area contributed by atoms with Crippen LogP contribution in [-0.2, 0) is 6.54 Å². The molecule has 4 N–H and O–H groups in total. The van der Waals surface area contributed by atoms with Gasteiger partial charge in [-0.1, -0.05) is 18.2 Å². The molecule has 0 amide bonds. The predicted molar refractivity (Wildman–Crippen MR) is 121 cm³/mol. The van der Waals surface area contributed by atoms with Crippen molar-refractivity contribution < 1.29 is 5.11 Å². The fraction of sp³-hybridized carbons (Fsp3) is 0.478. The molecule has 7 nitrogen and oxygen atoms in total. The maximum atomic E-state index is 9.81. The third kappa shape index (κ3) is 4.64. The molecule has 0 bridgehead atoms. The van der Waals surface area contributed by atoms with Crippen LogP contribution >= 0.6 is 0 Å². The Morgan fingerprint density at radius 2 is 1.90 bits per heavy atom. The third-order valence-corrected chi connectivity index (χ3v) is 5.91. The molecule has 1 aliphatic rings. The fourth-order valence-electron chi connectivity index (χ4n) is 4.22. The second kappa shape index (κ2) is 9.12. The number of imidazole rings is 1. The van der Waals surface area contributed by atoms with E-state index >= 15 is 0 Å². The Labute approximate surface area is 177 Å². The van der Waals surface area contributed by atoms with Crippen LogP contribution in [0.4, 0.5) is 5.95 Å². The van der Waals surface area contributed by atoms with Crippen LogP contribution in [0.15, 0.2) is 36.4 Å². The van der Waals surface area contributed by atoms with Crippen LogP contribution in [0.5, 0.6) is 0 Å². The van der Waals surface area contributed by atoms with E-state index in [4.69, 9.17) is 15.7 Å². The molecule has 0 saturated carbocycles. The zero-order chi connectivity index (χ0) is 21.1. The van der Waals surface area contributed by atoms with Gasteiger partial charge >= 0.3 is 0 Å². The van der Waals surface area contributed by atoms with Crippen molar-refractivity contribution in [2.24, 2.45) is 5.73 Å². The molecule has 30 heavy (non-hydrogen) atoms. The molecule has 0 spiro atoms. The predicted octanol–water partition coefficient (Wildman–Crippen LogP) is 2.29.